The Morgan fingerprint density at radius 1 is 1.47 bits per heavy atom. The number of carbonyl (C=O) groups is 1. The molecule has 0 aliphatic heterocycles. The van der Waals surface area contributed by atoms with Crippen molar-refractivity contribution < 1.29 is 23.1 Å². The fourth-order valence-corrected chi connectivity index (χ4v) is 2.42. The van der Waals surface area contributed by atoms with Gasteiger partial charge in [0.25, 0.3) is 0 Å². The summed E-state index contributed by atoms with van der Waals surface area (Å²) >= 11 is 0. The first kappa shape index (κ1) is 15.2. The fraction of sp³-hybridized carbons (Fsp3) is 0.455. The second-order valence-electron chi connectivity index (χ2n) is 3.74. The average molecular weight is 288 g/mol. The lowest BCUT2D eigenvalue weighted by atomic mass is 10.3. The number of ether oxygens (including phenoxy) is 1. The largest absolute Gasteiger partial charge is 0.481 e. The maximum Gasteiger partial charge on any atom is 0.303 e. The van der Waals surface area contributed by atoms with Crippen LogP contribution in [0.5, 0.6) is 5.88 Å². The zero-order chi connectivity index (χ0) is 14.3. The number of carboxylic acids is 1. The third-order valence-corrected chi connectivity index (χ3v) is 3.48. The SMILES string of the molecule is CCOc1ccc(NS(=O)(=O)CCCC(=O)O)cn1. The van der Waals surface area contributed by atoms with Crippen molar-refractivity contribution in [2.24, 2.45) is 0 Å². The summed E-state index contributed by atoms with van der Waals surface area (Å²) in [6, 6.07) is 3.09. The van der Waals surface area contributed by atoms with Gasteiger partial charge in [0.05, 0.1) is 24.2 Å². The van der Waals surface area contributed by atoms with Crippen LogP contribution in [0, 0.1) is 0 Å². The highest BCUT2D eigenvalue weighted by Crippen LogP contribution is 2.13. The average Bonchev–Trinajstić information content (AvgIpc) is 2.31. The quantitative estimate of drug-likeness (QED) is 0.741. The minimum Gasteiger partial charge on any atom is -0.481 e. The van der Waals surface area contributed by atoms with Gasteiger partial charge in [0.1, 0.15) is 0 Å². The first-order valence-corrected chi connectivity index (χ1v) is 7.39. The van der Waals surface area contributed by atoms with Gasteiger partial charge in [-0.05, 0) is 19.4 Å². The molecular formula is C11H16N2O5S. The van der Waals surface area contributed by atoms with Crippen molar-refractivity contribution in [3.05, 3.63) is 18.3 Å². The lowest BCUT2D eigenvalue weighted by Crippen LogP contribution is -2.17. The Hall–Kier alpha value is -1.83. The van der Waals surface area contributed by atoms with E-state index in [9.17, 15) is 13.2 Å². The molecule has 106 valence electrons. The molecule has 0 aromatic carbocycles. The van der Waals surface area contributed by atoms with Crippen LogP contribution in [0.1, 0.15) is 19.8 Å². The Kier molecular flexibility index (Phi) is 5.56. The van der Waals surface area contributed by atoms with Crippen molar-refractivity contribution in [2.45, 2.75) is 19.8 Å². The molecule has 2 N–H and O–H groups in total. The number of anilines is 1. The van der Waals surface area contributed by atoms with Gasteiger partial charge >= 0.3 is 5.97 Å². The van der Waals surface area contributed by atoms with Crippen molar-refractivity contribution in [3.63, 3.8) is 0 Å². The molecule has 0 unspecified atom stereocenters. The monoisotopic (exact) mass is 288 g/mol. The van der Waals surface area contributed by atoms with Gasteiger partial charge < -0.3 is 9.84 Å². The van der Waals surface area contributed by atoms with Crippen molar-refractivity contribution in [3.8, 4) is 5.88 Å². The lowest BCUT2D eigenvalue weighted by molar-refractivity contribution is -0.137. The van der Waals surface area contributed by atoms with Crippen LogP contribution in [-0.2, 0) is 14.8 Å². The Balaban J connectivity index is 2.55. The van der Waals surface area contributed by atoms with Crippen molar-refractivity contribution >= 4 is 21.7 Å². The number of rotatable bonds is 8. The number of aliphatic carboxylic acids is 1. The Morgan fingerprint density at radius 2 is 2.21 bits per heavy atom. The van der Waals surface area contributed by atoms with E-state index in [1.165, 1.54) is 12.3 Å². The minimum atomic E-state index is -3.55. The molecule has 0 atom stereocenters. The molecule has 8 heteroatoms. The summed E-state index contributed by atoms with van der Waals surface area (Å²) in [5, 5.41) is 8.44. The number of nitrogens with one attached hydrogen (secondary N) is 1. The molecule has 19 heavy (non-hydrogen) atoms. The van der Waals surface area contributed by atoms with E-state index in [1.807, 2.05) is 6.92 Å². The smallest absolute Gasteiger partial charge is 0.303 e. The Morgan fingerprint density at radius 3 is 2.74 bits per heavy atom. The molecule has 1 aromatic heterocycles. The zero-order valence-corrected chi connectivity index (χ0v) is 11.3. The van der Waals surface area contributed by atoms with Crippen molar-refractivity contribution in [2.75, 3.05) is 17.1 Å². The van der Waals surface area contributed by atoms with Gasteiger partial charge in [-0.15, -0.1) is 0 Å². The molecule has 1 aromatic rings. The van der Waals surface area contributed by atoms with Crippen LogP contribution in [0.4, 0.5) is 5.69 Å². The number of sulfonamides is 1. The molecule has 0 fully saturated rings. The van der Waals surface area contributed by atoms with E-state index < -0.39 is 16.0 Å². The molecule has 0 spiro atoms. The zero-order valence-electron chi connectivity index (χ0n) is 10.5. The van der Waals surface area contributed by atoms with E-state index in [-0.39, 0.29) is 18.6 Å². The standard InChI is InChI=1S/C11H16N2O5S/c1-2-18-10-6-5-9(8-12-10)13-19(16,17)7-3-4-11(14)15/h5-6,8,13H,2-4,7H2,1H3,(H,14,15). The van der Waals surface area contributed by atoms with Gasteiger partial charge in [-0.1, -0.05) is 0 Å². The minimum absolute atomic E-state index is 0.0646. The fourth-order valence-electron chi connectivity index (χ4n) is 1.32. The van der Waals surface area contributed by atoms with Gasteiger partial charge in [-0.25, -0.2) is 13.4 Å². The van der Waals surface area contributed by atoms with E-state index in [1.54, 1.807) is 6.07 Å². The Bertz CT molecular complexity index is 512. The van der Waals surface area contributed by atoms with E-state index in [0.29, 0.717) is 18.2 Å². The topological polar surface area (TPSA) is 106 Å². The van der Waals surface area contributed by atoms with Gasteiger partial charge in [0.15, 0.2) is 0 Å². The van der Waals surface area contributed by atoms with Crippen molar-refractivity contribution in [1.29, 1.82) is 0 Å². The molecule has 1 heterocycles. The van der Waals surface area contributed by atoms with Gasteiger partial charge in [-0.3, -0.25) is 9.52 Å². The molecule has 1 rings (SSSR count). The molecule has 7 nitrogen and oxygen atoms in total. The molecular weight excluding hydrogens is 272 g/mol. The van der Waals surface area contributed by atoms with Crippen LogP contribution >= 0.6 is 0 Å². The van der Waals surface area contributed by atoms with Gasteiger partial charge in [0.2, 0.25) is 15.9 Å². The molecule has 0 radical (unpaired) electrons. The second kappa shape index (κ2) is 6.93. The number of hydrogen-bond acceptors (Lipinski definition) is 5. The van der Waals surface area contributed by atoms with E-state index in [2.05, 4.69) is 9.71 Å². The Labute approximate surface area is 111 Å². The summed E-state index contributed by atoms with van der Waals surface area (Å²) in [5.41, 5.74) is 0.318. The summed E-state index contributed by atoms with van der Waals surface area (Å²) in [6.45, 7) is 2.30. The summed E-state index contributed by atoms with van der Waals surface area (Å²) in [4.78, 5) is 14.2. The first-order valence-electron chi connectivity index (χ1n) is 5.74. The molecule has 0 aliphatic carbocycles. The maximum atomic E-state index is 11.6. The summed E-state index contributed by atoms with van der Waals surface area (Å²) in [7, 11) is -3.55. The van der Waals surface area contributed by atoms with Gasteiger partial charge in [-0.2, -0.15) is 0 Å². The van der Waals surface area contributed by atoms with Crippen molar-refractivity contribution in [1.82, 2.24) is 4.98 Å². The van der Waals surface area contributed by atoms with E-state index in [4.69, 9.17) is 9.84 Å². The number of pyridine rings is 1. The molecule has 0 saturated carbocycles. The maximum absolute atomic E-state index is 11.6. The summed E-state index contributed by atoms with van der Waals surface area (Å²) in [6.07, 6.45) is 1.23. The number of nitrogens with zero attached hydrogens (tertiary/aromatic N) is 1. The molecule has 0 bridgehead atoms. The number of hydrogen-bond donors (Lipinski definition) is 2. The van der Waals surface area contributed by atoms with Gasteiger partial charge in [0, 0.05) is 12.5 Å². The van der Waals surface area contributed by atoms with Crippen LogP contribution in [0.25, 0.3) is 0 Å². The van der Waals surface area contributed by atoms with Crippen LogP contribution in [0.3, 0.4) is 0 Å². The predicted octanol–water partition coefficient (Wildman–Crippen LogP) is 1.09. The summed E-state index contributed by atoms with van der Waals surface area (Å²) in [5.74, 6) is -0.846. The normalized spacial score (nSPS) is 11.0. The van der Waals surface area contributed by atoms with E-state index >= 15 is 0 Å². The molecule has 0 saturated heterocycles. The third kappa shape index (κ3) is 6.05. The summed E-state index contributed by atoms with van der Waals surface area (Å²) < 4.78 is 30.7. The molecule has 0 amide bonds. The highest BCUT2D eigenvalue weighted by molar-refractivity contribution is 7.92. The number of carboxylic acid groups (broad SMARTS) is 1. The van der Waals surface area contributed by atoms with Crippen LogP contribution in [-0.4, -0.2) is 36.8 Å². The number of aromatic nitrogens is 1. The predicted molar refractivity (Wildman–Crippen MR) is 69.7 cm³/mol. The van der Waals surface area contributed by atoms with E-state index in [0.717, 1.165) is 0 Å². The molecule has 0 aliphatic rings. The third-order valence-electron chi connectivity index (χ3n) is 2.11. The van der Waals surface area contributed by atoms with Crippen LogP contribution < -0.4 is 9.46 Å². The highest BCUT2D eigenvalue weighted by Gasteiger charge is 2.11. The van der Waals surface area contributed by atoms with Crippen LogP contribution in [0.15, 0.2) is 18.3 Å². The lowest BCUT2D eigenvalue weighted by Gasteiger charge is -2.07. The first-order chi connectivity index (χ1) is 8.93. The van der Waals surface area contributed by atoms with Crippen LogP contribution in [0.2, 0.25) is 0 Å². The highest BCUT2D eigenvalue weighted by atomic mass is 32.2. The second-order valence-corrected chi connectivity index (χ2v) is 5.58.